The van der Waals surface area contributed by atoms with E-state index in [-0.39, 0.29) is 11.8 Å². The van der Waals surface area contributed by atoms with E-state index in [0.717, 1.165) is 5.57 Å². The zero-order valence-electron chi connectivity index (χ0n) is 8.03. The average molecular weight is 184 g/mol. The van der Waals surface area contributed by atoms with Crippen LogP contribution >= 0.6 is 0 Å². The fourth-order valence-corrected chi connectivity index (χ4v) is 2.13. The van der Waals surface area contributed by atoms with Crippen LogP contribution in [0.4, 0.5) is 0 Å². The van der Waals surface area contributed by atoms with E-state index in [4.69, 9.17) is 5.11 Å². The highest BCUT2D eigenvalue weighted by molar-refractivity contribution is 5.72. The second-order valence-electron chi connectivity index (χ2n) is 3.98. The van der Waals surface area contributed by atoms with E-state index >= 15 is 0 Å². The van der Waals surface area contributed by atoms with Gasteiger partial charge >= 0.3 is 5.97 Å². The first kappa shape index (κ1) is 10.3. The van der Waals surface area contributed by atoms with Gasteiger partial charge in [0.25, 0.3) is 0 Å². The lowest BCUT2D eigenvalue weighted by Crippen LogP contribution is -2.25. The molecule has 1 fully saturated rings. The highest BCUT2D eigenvalue weighted by atomic mass is 16.4. The van der Waals surface area contributed by atoms with Gasteiger partial charge < -0.3 is 10.2 Å². The van der Waals surface area contributed by atoms with E-state index in [1.54, 1.807) is 6.92 Å². The van der Waals surface area contributed by atoms with Crippen LogP contribution in [0.2, 0.25) is 0 Å². The van der Waals surface area contributed by atoms with Crippen LogP contribution in [0.3, 0.4) is 0 Å². The number of aliphatic carboxylic acids is 1. The third kappa shape index (κ3) is 1.75. The van der Waals surface area contributed by atoms with Crippen molar-refractivity contribution >= 4 is 5.97 Å². The predicted molar refractivity (Wildman–Crippen MR) is 49.2 cm³/mol. The summed E-state index contributed by atoms with van der Waals surface area (Å²) in [6, 6.07) is 0. The summed E-state index contributed by atoms with van der Waals surface area (Å²) in [5.41, 5.74) is 0.857. The maximum atomic E-state index is 10.9. The van der Waals surface area contributed by atoms with Gasteiger partial charge in [-0.05, 0) is 25.2 Å². The van der Waals surface area contributed by atoms with Crippen molar-refractivity contribution in [2.24, 2.45) is 17.8 Å². The number of aliphatic hydroxyl groups is 1. The third-order valence-electron chi connectivity index (χ3n) is 3.02. The minimum atomic E-state index is -0.822. The molecule has 4 atom stereocenters. The molecule has 0 spiro atoms. The normalized spacial score (nSPS) is 39.0. The number of aliphatic hydroxyl groups excluding tert-OH is 1. The summed E-state index contributed by atoms with van der Waals surface area (Å²) in [5.74, 6) is -1.52. The highest BCUT2D eigenvalue weighted by Crippen LogP contribution is 2.40. The Bertz CT molecular complexity index is 234. The monoisotopic (exact) mass is 184 g/mol. The Morgan fingerprint density at radius 2 is 2.08 bits per heavy atom. The summed E-state index contributed by atoms with van der Waals surface area (Å²) in [7, 11) is 0. The van der Waals surface area contributed by atoms with Crippen LogP contribution in [-0.4, -0.2) is 22.3 Å². The second kappa shape index (κ2) is 3.50. The topological polar surface area (TPSA) is 57.5 Å². The molecule has 0 heterocycles. The lowest BCUT2D eigenvalue weighted by molar-refractivity contribution is -0.144. The van der Waals surface area contributed by atoms with Crippen LogP contribution in [0, 0.1) is 17.8 Å². The molecule has 0 unspecified atom stereocenters. The molecular formula is C10H16O3. The molecule has 0 radical (unpaired) electrons. The lowest BCUT2D eigenvalue weighted by atomic mass is 9.86. The number of hydrogen-bond donors (Lipinski definition) is 2. The van der Waals surface area contributed by atoms with Gasteiger partial charge in [-0.25, -0.2) is 0 Å². The molecule has 1 rings (SSSR count). The highest BCUT2D eigenvalue weighted by Gasteiger charge is 2.44. The largest absolute Gasteiger partial charge is 0.481 e. The van der Waals surface area contributed by atoms with Crippen LogP contribution in [0.15, 0.2) is 12.2 Å². The Labute approximate surface area is 78.1 Å². The second-order valence-corrected chi connectivity index (χ2v) is 3.98. The van der Waals surface area contributed by atoms with Crippen molar-refractivity contribution < 1.29 is 15.0 Å². The molecule has 1 aliphatic carbocycles. The number of carboxylic acids is 1. The van der Waals surface area contributed by atoms with E-state index < -0.39 is 18.0 Å². The summed E-state index contributed by atoms with van der Waals surface area (Å²) < 4.78 is 0. The SMILES string of the molecule is C=C(C)[C@H]1C[C@H](O)[C@@H](C)[C@@H]1C(=O)O. The molecular weight excluding hydrogens is 168 g/mol. The van der Waals surface area contributed by atoms with Gasteiger partial charge in [-0.2, -0.15) is 0 Å². The van der Waals surface area contributed by atoms with Gasteiger partial charge in [-0.15, -0.1) is 0 Å². The molecule has 0 aromatic heterocycles. The van der Waals surface area contributed by atoms with E-state index in [9.17, 15) is 9.90 Å². The predicted octanol–water partition coefficient (Wildman–Crippen LogP) is 1.28. The Balaban J connectivity index is 2.86. The van der Waals surface area contributed by atoms with E-state index in [0.29, 0.717) is 6.42 Å². The van der Waals surface area contributed by atoms with Crippen molar-refractivity contribution in [2.75, 3.05) is 0 Å². The number of carbonyl (C=O) groups is 1. The maximum Gasteiger partial charge on any atom is 0.307 e. The van der Waals surface area contributed by atoms with Crippen LogP contribution in [0.5, 0.6) is 0 Å². The van der Waals surface area contributed by atoms with Crippen LogP contribution in [0.25, 0.3) is 0 Å². The smallest absolute Gasteiger partial charge is 0.307 e. The van der Waals surface area contributed by atoms with Gasteiger partial charge in [0.15, 0.2) is 0 Å². The van der Waals surface area contributed by atoms with Crippen molar-refractivity contribution in [3.63, 3.8) is 0 Å². The number of hydrogen-bond acceptors (Lipinski definition) is 2. The summed E-state index contributed by atoms with van der Waals surface area (Å²) in [5, 5.41) is 18.5. The quantitative estimate of drug-likeness (QED) is 0.635. The first-order valence-electron chi connectivity index (χ1n) is 4.51. The lowest BCUT2D eigenvalue weighted by Gasteiger charge is -2.18. The summed E-state index contributed by atoms with van der Waals surface area (Å²) >= 11 is 0. The van der Waals surface area contributed by atoms with Gasteiger partial charge in [0.2, 0.25) is 0 Å². The Kier molecular flexibility index (Phi) is 2.76. The first-order valence-corrected chi connectivity index (χ1v) is 4.51. The van der Waals surface area contributed by atoms with E-state index in [1.165, 1.54) is 0 Å². The van der Waals surface area contributed by atoms with Gasteiger partial charge in [-0.3, -0.25) is 4.79 Å². The number of rotatable bonds is 2. The van der Waals surface area contributed by atoms with Crippen molar-refractivity contribution in [2.45, 2.75) is 26.4 Å². The standard InChI is InChI=1S/C10H16O3/c1-5(2)7-4-8(11)6(3)9(7)10(12)13/h6-9,11H,1,4H2,2-3H3,(H,12,13)/t6-,7-,8+,9+/m1/s1. The van der Waals surface area contributed by atoms with E-state index in [2.05, 4.69) is 6.58 Å². The van der Waals surface area contributed by atoms with Crippen molar-refractivity contribution in [1.82, 2.24) is 0 Å². The molecule has 3 nitrogen and oxygen atoms in total. The molecule has 0 aromatic rings. The zero-order valence-corrected chi connectivity index (χ0v) is 8.03. The average Bonchev–Trinajstić information content (AvgIpc) is 2.28. The molecule has 0 aliphatic heterocycles. The minimum Gasteiger partial charge on any atom is -0.481 e. The van der Waals surface area contributed by atoms with Crippen molar-refractivity contribution in [1.29, 1.82) is 0 Å². The van der Waals surface area contributed by atoms with Gasteiger partial charge in [-0.1, -0.05) is 19.1 Å². The third-order valence-corrected chi connectivity index (χ3v) is 3.02. The molecule has 1 saturated carbocycles. The number of carboxylic acid groups (broad SMARTS) is 1. The van der Waals surface area contributed by atoms with Gasteiger partial charge in [0.05, 0.1) is 12.0 Å². The fourth-order valence-electron chi connectivity index (χ4n) is 2.13. The first-order chi connectivity index (χ1) is 5.95. The molecule has 0 aromatic carbocycles. The summed E-state index contributed by atoms with van der Waals surface area (Å²) in [6.07, 6.45) is 0.0378. The minimum absolute atomic E-state index is 0.0671. The molecule has 74 valence electrons. The van der Waals surface area contributed by atoms with Crippen molar-refractivity contribution in [3.05, 3.63) is 12.2 Å². The van der Waals surface area contributed by atoms with Crippen LogP contribution in [0.1, 0.15) is 20.3 Å². The molecule has 13 heavy (non-hydrogen) atoms. The van der Waals surface area contributed by atoms with Gasteiger partial charge in [0.1, 0.15) is 0 Å². The molecule has 3 heteroatoms. The molecule has 0 saturated heterocycles. The fraction of sp³-hybridized carbons (Fsp3) is 0.700. The summed E-state index contributed by atoms with van der Waals surface area (Å²) in [6.45, 7) is 7.37. The van der Waals surface area contributed by atoms with Crippen molar-refractivity contribution in [3.8, 4) is 0 Å². The molecule has 0 amide bonds. The zero-order chi connectivity index (χ0) is 10.2. The maximum absolute atomic E-state index is 10.9. The van der Waals surface area contributed by atoms with Gasteiger partial charge in [0, 0.05) is 0 Å². The summed E-state index contributed by atoms with van der Waals surface area (Å²) in [4.78, 5) is 10.9. The van der Waals surface area contributed by atoms with Crippen LogP contribution in [-0.2, 0) is 4.79 Å². The number of allylic oxidation sites excluding steroid dienone is 1. The van der Waals surface area contributed by atoms with Crippen LogP contribution < -0.4 is 0 Å². The molecule has 0 bridgehead atoms. The van der Waals surface area contributed by atoms with E-state index in [1.807, 2.05) is 6.92 Å². The Hall–Kier alpha value is -0.830. The molecule has 2 N–H and O–H groups in total. The Morgan fingerprint density at radius 1 is 1.54 bits per heavy atom. The Morgan fingerprint density at radius 3 is 2.38 bits per heavy atom. The molecule has 1 aliphatic rings.